The number of aromatic nitrogens is 3. The number of thiazole rings is 1. The number of ether oxygens (including phenoxy) is 1. The van der Waals surface area contributed by atoms with Gasteiger partial charge in [-0.05, 0) is 13.0 Å². The van der Waals surface area contributed by atoms with Crippen LogP contribution in [0.25, 0.3) is 0 Å². The molecule has 0 fully saturated rings. The average molecular weight is 294 g/mol. The van der Waals surface area contributed by atoms with Gasteiger partial charge in [0.25, 0.3) is 5.91 Å². The van der Waals surface area contributed by atoms with Crippen molar-refractivity contribution in [1.29, 1.82) is 0 Å². The molecule has 0 bridgehead atoms. The van der Waals surface area contributed by atoms with E-state index in [1.54, 1.807) is 29.9 Å². The largest absolute Gasteiger partial charge is 0.378 e. The minimum absolute atomic E-state index is 0.0245. The van der Waals surface area contributed by atoms with Crippen LogP contribution in [-0.4, -0.2) is 39.7 Å². The van der Waals surface area contributed by atoms with Gasteiger partial charge in [-0.1, -0.05) is 0 Å². The fourth-order valence-electron chi connectivity index (χ4n) is 1.88. The van der Waals surface area contributed by atoms with Gasteiger partial charge >= 0.3 is 0 Å². The van der Waals surface area contributed by atoms with Crippen LogP contribution in [0, 0.1) is 6.92 Å². The first-order valence-electron chi connectivity index (χ1n) is 6.20. The maximum Gasteiger partial charge on any atom is 0.265 e. The van der Waals surface area contributed by atoms with Gasteiger partial charge in [0, 0.05) is 27.4 Å². The highest BCUT2D eigenvalue weighted by Crippen LogP contribution is 2.21. The third kappa shape index (κ3) is 3.05. The van der Waals surface area contributed by atoms with Crippen molar-refractivity contribution in [3.63, 3.8) is 0 Å². The number of carbonyl (C=O) groups is 1. The number of hydrogen-bond acceptors (Lipinski definition) is 5. The lowest BCUT2D eigenvalue weighted by atomic mass is 10.3. The van der Waals surface area contributed by atoms with E-state index in [9.17, 15) is 4.79 Å². The molecule has 7 heteroatoms. The molecule has 0 N–H and O–H groups in total. The lowest BCUT2D eigenvalue weighted by molar-refractivity contribution is 0.0786. The summed E-state index contributed by atoms with van der Waals surface area (Å²) in [6.45, 7) is 2.80. The predicted octanol–water partition coefficient (Wildman–Crippen LogP) is 1.60. The van der Waals surface area contributed by atoms with Gasteiger partial charge in [-0.2, -0.15) is 5.10 Å². The lowest BCUT2D eigenvalue weighted by Gasteiger charge is -2.16. The Bertz CT molecular complexity index is 605. The van der Waals surface area contributed by atoms with Crippen LogP contribution in [0.5, 0.6) is 0 Å². The molecule has 0 aromatic carbocycles. The molecule has 0 aliphatic carbocycles. The normalized spacial score (nSPS) is 10.8. The molecule has 0 radical (unpaired) electrons. The monoisotopic (exact) mass is 294 g/mol. The zero-order chi connectivity index (χ0) is 14.7. The summed E-state index contributed by atoms with van der Waals surface area (Å²) in [6.07, 6.45) is 1.72. The first-order valence-corrected chi connectivity index (χ1v) is 7.02. The van der Waals surface area contributed by atoms with Gasteiger partial charge in [-0.25, -0.2) is 4.98 Å². The summed E-state index contributed by atoms with van der Waals surface area (Å²) < 4.78 is 6.81. The molecule has 6 nitrogen and oxygen atoms in total. The fraction of sp³-hybridized carbons (Fsp3) is 0.462. The quantitative estimate of drug-likeness (QED) is 0.840. The van der Waals surface area contributed by atoms with Gasteiger partial charge in [-0.15, -0.1) is 11.3 Å². The van der Waals surface area contributed by atoms with Gasteiger partial charge in [-0.3, -0.25) is 9.48 Å². The van der Waals surface area contributed by atoms with Crippen LogP contribution in [0.1, 0.15) is 26.1 Å². The van der Waals surface area contributed by atoms with Gasteiger partial charge < -0.3 is 9.64 Å². The lowest BCUT2D eigenvalue weighted by Crippen LogP contribution is -2.27. The van der Waals surface area contributed by atoms with Gasteiger partial charge in [0.2, 0.25) is 0 Å². The standard InChI is InChI=1S/C13H18N4O2S/c1-9-12(20-11(15-9)8-19-4)13(18)16(2)7-10-5-6-14-17(10)3/h5-6H,7-8H2,1-4H3. The summed E-state index contributed by atoms with van der Waals surface area (Å²) in [5, 5.41) is 4.92. The third-order valence-corrected chi connectivity index (χ3v) is 4.09. The Morgan fingerprint density at radius 3 is 2.90 bits per heavy atom. The van der Waals surface area contributed by atoms with Crippen molar-refractivity contribution in [2.45, 2.75) is 20.1 Å². The highest BCUT2D eigenvalue weighted by Gasteiger charge is 2.19. The topological polar surface area (TPSA) is 60.2 Å². The van der Waals surface area contributed by atoms with Crippen molar-refractivity contribution in [3.05, 3.63) is 33.5 Å². The minimum Gasteiger partial charge on any atom is -0.378 e. The molecule has 2 aromatic heterocycles. The summed E-state index contributed by atoms with van der Waals surface area (Å²) in [5.41, 5.74) is 1.74. The zero-order valence-electron chi connectivity index (χ0n) is 12.1. The molecule has 108 valence electrons. The van der Waals surface area contributed by atoms with Crippen LogP contribution in [-0.2, 0) is 24.9 Å². The summed E-state index contributed by atoms with van der Waals surface area (Å²) in [6, 6.07) is 1.90. The number of nitrogens with zero attached hydrogens (tertiary/aromatic N) is 4. The van der Waals surface area contributed by atoms with Crippen molar-refractivity contribution in [1.82, 2.24) is 19.7 Å². The van der Waals surface area contributed by atoms with Crippen LogP contribution in [0.15, 0.2) is 12.3 Å². The third-order valence-electron chi connectivity index (χ3n) is 2.97. The zero-order valence-corrected chi connectivity index (χ0v) is 12.9. The van der Waals surface area contributed by atoms with E-state index >= 15 is 0 Å². The molecule has 20 heavy (non-hydrogen) atoms. The molecule has 2 aromatic rings. The predicted molar refractivity (Wildman–Crippen MR) is 76.6 cm³/mol. The molecular formula is C13H18N4O2S. The van der Waals surface area contributed by atoms with E-state index in [0.717, 1.165) is 16.4 Å². The van der Waals surface area contributed by atoms with Gasteiger partial charge in [0.05, 0.1) is 24.5 Å². The maximum atomic E-state index is 12.4. The molecule has 2 heterocycles. The van der Waals surface area contributed by atoms with Crippen LogP contribution >= 0.6 is 11.3 Å². The van der Waals surface area contributed by atoms with Crippen LogP contribution in [0.2, 0.25) is 0 Å². The second-order valence-electron chi connectivity index (χ2n) is 4.56. The number of hydrogen-bond donors (Lipinski definition) is 0. The second-order valence-corrected chi connectivity index (χ2v) is 5.65. The van der Waals surface area contributed by atoms with Crippen molar-refractivity contribution in [2.24, 2.45) is 7.05 Å². The Balaban J connectivity index is 2.12. The van der Waals surface area contributed by atoms with E-state index in [1.165, 1.54) is 11.3 Å². The molecule has 0 saturated carbocycles. The first-order chi connectivity index (χ1) is 9.52. The van der Waals surface area contributed by atoms with E-state index in [1.807, 2.05) is 20.0 Å². The smallest absolute Gasteiger partial charge is 0.265 e. The molecule has 0 aliphatic rings. The molecule has 0 spiro atoms. The molecular weight excluding hydrogens is 276 g/mol. The molecule has 0 atom stereocenters. The highest BCUT2D eigenvalue weighted by atomic mass is 32.1. The number of carbonyl (C=O) groups excluding carboxylic acids is 1. The maximum absolute atomic E-state index is 12.4. The summed E-state index contributed by atoms with van der Waals surface area (Å²) in [5.74, 6) is -0.0245. The Labute approximate surface area is 122 Å². The molecule has 2 rings (SSSR count). The molecule has 0 unspecified atom stereocenters. The van der Waals surface area contributed by atoms with Crippen molar-refractivity contribution in [3.8, 4) is 0 Å². The van der Waals surface area contributed by atoms with E-state index in [4.69, 9.17) is 4.74 Å². The van der Waals surface area contributed by atoms with E-state index in [2.05, 4.69) is 10.1 Å². The Hall–Kier alpha value is -1.73. The van der Waals surface area contributed by atoms with Crippen LogP contribution in [0.3, 0.4) is 0 Å². The van der Waals surface area contributed by atoms with Crippen molar-refractivity contribution < 1.29 is 9.53 Å². The van der Waals surface area contributed by atoms with Gasteiger partial charge in [0.1, 0.15) is 9.88 Å². The number of aryl methyl sites for hydroxylation is 2. The van der Waals surface area contributed by atoms with E-state index in [0.29, 0.717) is 18.0 Å². The highest BCUT2D eigenvalue weighted by molar-refractivity contribution is 7.13. The molecule has 0 saturated heterocycles. The Morgan fingerprint density at radius 2 is 2.30 bits per heavy atom. The summed E-state index contributed by atoms with van der Waals surface area (Å²) in [4.78, 5) is 19.1. The molecule has 1 amide bonds. The van der Waals surface area contributed by atoms with E-state index in [-0.39, 0.29) is 5.91 Å². The van der Waals surface area contributed by atoms with E-state index < -0.39 is 0 Å². The van der Waals surface area contributed by atoms with Crippen LogP contribution in [0.4, 0.5) is 0 Å². The summed E-state index contributed by atoms with van der Waals surface area (Å²) in [7, 11) is 5.26. The Kier molecular flexibility index (Phi) is 4.51. The average Bonchev–Trinajstić information content (AvgIpc) is 2.96. The fourth-order valence-corrected chi connectivity index (χ4v) is 2.91. The number of rotatable bonds is 5. The van der Waals surface area contributed by atoms with Crippen molar-refractivity contribution in [2.75, 3.05) is 14.2 Å². The SMILES string of the molecule is COCc1nc(C)c(C(=O)N(C)Cc2ccnn2C)s1. The Morgan fingerprint density at radius 1 is 1.55 bits per heavy atom. The first kappa shape index (κ1) is 14.7. The number of methoxy groups -OCH3 is 1. The minimum atomic E-state index is -0.0245. The molecule has 0 aliphatic heterocycles. The van der Waals surface area contributed by atoms with Crippen molar-refractivity contribution >= 4 is 17.2 Å². The number of amides is 1. The second kappa shape index (κ2) is 6.15. The summed E-state index contributed by atoms with van der Waals surface area (Å²) >= 11 is 1.39. The van der Waals surface area contributed by atoms with Crippen LogP contribution < -0.4 is 0 Å². The van der Waals surface area contributed by atoms with Gasteiger partial charge in [0.15, 0.2) is 0 Å².